The van der Waals surface area contributed by atoms with Crippen LogP contribution >= 0.6 is 22.9 Å². The summed E-state index contributed by atoms with van der Waals surface area (Å²) >= 11 is 7.48. The van der Waals surface area contributed by atoms with Crippen molar-refractivity contribution < 1.29 is 4.74 Å². The maximum atomic E-state index is 7.47. The van der Waals surface area contributed by atoms with Gasteiger partial charge in [0.05, 0.1) is 21.0 Å². The molecule has 1 heterocycles. The summed E-state index contributed by atoms with van der Waals surface area (Å²) in [4.78, 5) is 4.95. The van der Waals surface area contributed by atoms with E-state index in [2.05, 4.69) is 4.98 Å². The van der Waals surface area contributed by atoms with E-state index in [0.29, 0.717) is 22.9 Å². The van der Waals surface area contributed by atoms with Gasteiger partial charge in [0.25, 0.3) is 0 Å². The Bertz CT molecular complexity index is 528. The van der Waals surface area contributed by atoms with Gasteiger partial charge in [-0.15, -0.1) is 11.3 Å². The van der Waals surface area contributed by atoms with E-state index in [1.165, 1.54) is 11.3 Å². The van der Waals surface area contributed by atoms with Crippen molar-refractivity contribution in [2.24, 2.45) is 5.73 Å². The molecule has 0 bridgehead atoms. The molecular formula is C11H10ClN3OS. The first-order chi connectivity index (χ1) is 8.18. The molecule has 0 fully saturated rings. The van der Waals surface area contributed by atoms with E-state index < -0.39 is 0 Å². The van der Waals surface area contributed by atoms with Gasteiger partial charge < -0.3 is 10.5 Å². The van der Waals surface area contributed by atoms with E-state index in [1.807, 2.05) is 0 Å². The van der Waals surface area contributed by atoms with Crippen molar-refractivity contribution in [3.05, 3.63) is 45.4 Å². The van der Waals surface area contributed by atoms with Gasteiger partial charge in [0.2, 0.25) is 0 Å². The van der Waals surface area contributed by atoms with E-state index in [4.69, 9.17) is 27.5 Å². The lowest BCUT2D eigenvalue weighted by Gasteiger charge is -2.10. The molecule has 6 heteroatoms. The van der Waals surface area contributed by atoms with Gasteiger partial charge in [-0.1, -0.05) is 17.7 Å². The summed E-state index contributed by atoms with van der Waals surface area (Å²) in [6.07, 6.45) is 1.74. The summed E-state index contributed by atoms with van der Waals surface area (Å²) in [5, 5.41) is 7.89. The molecule has 0 aliphatic carbocycles. The molecule has 17 heavy (non-hydrogen) atoms. The second kappa shape index (κ2) is 5.16. The third-order valence-corrected chi connectivity index (χ3v) is 3.17. The fraction of sp³-hybridized carbons (Fsp3) is 0.0909. The van der Waals surface area contributed by atoms with Crippen LogP contribution in [0, 0.1) is 5.41 Å². The van der Waals surface area contributed by atoms with E-state index in [-0.39, 0.29) is 5.84 Å². The number of nitrogens with one attached hydrogen (secondary N) is 1. The number of nitrogen functional groups attached to an aromatic ring is 1. The third kappa shape index (κ3) is 2.75. The molecule has 0 radical (unpaired) electrons. The second-order valence-electron chi connectivity index (χ2n) is 3.28. The fourth-order valence-electron chi connectivity index (χ4n) is 1.35. The molecule has 2 rings (SSSR count). The van der Waals surface area contributed by atoms with Gasteiger partial charge in [-0.25, -0.2) is 0 Å². The average Bonchev–Trinajstić information content (AvgIpc) is 2.78. The van der Waals surface area contributed by atoms with Crippen molar-refractivity contribution >= 4 is 28.8 Å². The number of nitrogens with two attached hydrogens (primary N) is 1. The van der Waals surface area contributed by atoms with Gasteiger partial charge in [0, 0.05) is 6.20 Å². The van der Waals surface area contributed by atoms with Gasteiger partial charge in [-0.05, 0) is 12.1 Å². The monoisotopic (exact) mass is 267 g/mol. The van der Waals surface area contributed by atoms with Crippen molar-refractivity contribution in [3.8, 4) is 5.75 Å². The highest BCUT2D eigenvalue weighted by Crippen LogP contribution is 2.26. The minimum atomic E-state index is -0.102. The molecule has 0 unspecified atom stereocenters. The topological polar surface area (TPSA) is 72.0 Å². The zero-order valence-corrected chi connectivity index (χ0v) is 10.4. The number of amidine groups is 1. The number of ether oxygens (including phenoxy) is 1. The summed E-state index contributed by atoms with van der Waals surface area (Å²) < 4.78 is 5.59. The normalized spacial score (nSPS) is 10.2. The number of thiazole rings is 1. The maximum absolute atomic E-state index is 7.47. The maximum Gasteiger partial charge on any atom is 0.132 e. The third-order valence-electron chi connectivity index (χ3n) is 2.10. The molecule has 4 nitrogen and oxygen atoms in total. The Morgan fingerprint density at radius 3 is 3.00 bits per heavy atom. The smallest absolute Gasteiger partial charge is 0.132 e. The van der Waals surface area contributed by atoms with Gasteiger partial charge in [0.15, 0.2) is 0 Å². The molecule has 0 saturated carbocycles. The van der Waals surface area contributed by atoms with Crippen molar-refractivity contribution in [2.75, 3.05) is 0 Å². The van der Waals surface area contributed by atoms with Crippen LogP contribution in [0.1, 0.15) is 10.4 Å². The number of hydrogen-bond donors (Lipinski definition) is 2. The highest BCUT2D eigenvalue weighted by Gasteiger charge is 2.11. The van der Waals surface area contributed by atoms with Crippen LogP contribution in [0.4, 0.5) is 0 Å². The number of nitrogens with zero attached hydrogens (tertiary/aromatic N) is 1. The molecule has 0 atom stereocenters. The lowest BCUT2D eigenvalue weighted by molar-refractivity contribution is 0.309. The Labute approximate surface area is 108 Å². The molecule has 0 aliphatic rings. The van der Waals surface area contributed by atoms with Gasteiger partial charge in [-0.3, -0.25) is 10.4 Å². The summed E-state index contributed by atoms with van der Waals surface area (Å²) in [5.74, 6) is 0.410. The van der Waals surface area contributed by atoms with E-state index in [1.54, 1.807) is 29.9 Å². The summed E-state index contributed by atoms with van der Waals surface area (Å²) in [7, 11) is 0. The van der Waals surface area contributed by atoms with Crippen LogP contribution < -0.4 is 10.5 Å². The molecule has 0 aliphatic heterocycles. The molecular weight excluding hydrogens is 258 g/mol. The van der Waals surface area contributed by atoms with Crippen molar-refractivity contribution in [2.45, 2.75) is 6.61 Å². The number of aromatic nitrogens is 1. The molecule has 3 N–H and O–H groups in total. The number of rotatable bonds is 4. The van der Waals surface area contributed by atoms with Crippen molar-refractivity contribution in [1.29, 1.82) is 5.41 Å². The molecule has 88 valence electrons. The predicted octanol–water partition coefficient (Wildman–Crippen LogP) is 2.66. The van der Waals surface area contributed by atoms with Crippen molar-refractivity contribution in [1.82, 2.24) is 4.98 Å². The van der Waals surface area contributed by atoms with Crippen LogP contribution in [0.25, 0.3) is 0 Å². The molecule has 0 amide bonds. The standard InChI is InChI=1S/C11H10ClN3OS/c12-8-2-1-3-9(10(8)11(13)14)16-5-7-4-15-6-17-7/h1-4,6H,5H2,(H3,13,14). The van der Waals surface area contributed by atoms with Crippen LogP contribution in [0.15, 0.2) is 29.9 Å². The SMILES string of the molecule is N=C(N)c1c(Cl)cccc1OCc1cncs1. The Morgan fingerprint density at radius 1 is 1.53 bits per heavy atom. The number of benzene rings is 1. The zero-order chi connectivity index (χ0) is 12.3. The van der Waals surface area contributed by atoms with Crippen LogP contribution in [0.2, 0.25) is 5.02 Å². The van der Waals surface area contributed by atoms with E-state index in [9.17, 15) is 0 Å². The minimum absolute atomic E-state index is 0.102. The first-order valence-corrected chi connectivity index (χ1v) is 6.07. The van der Waals surface area contributed by atoms with E-state index >= 15 is 0 Å². The first kappa shape index (κ1) is 11.9. The highest BCUT2D eigenvalue weighted by molar-refractivity contribution is 7.09. The van der Waals surface area contributed by atoms with E-state index in [0.717, 1.165) is 4.88 Å². The lowest BCUT2D eigenvalue weighted by Crippen LogP contribution is -2.13. The Hall–Kier alpha value is -1.59. The molecule has 1 aromatic heterocycles. The molecule has 0 spiro atoms. The zero-order valence-electron chi connectivity index (χ0n) is 8.81. The lowest BCUT2D eigenvalue weighted by atomic mass is 10.2. The van der Waals surface area contributed by atoms with Gasteiger partial charge >= 0.3 is 0 Å². The quantitative estimate of drug-likeness (QED) is 0.661. The summed E-state index contributed by atoms with van der Waals surface area (Å²) in [5.41, 5.74) is 7.64. The number of hydrogen-bond acceptors (Lipinski definition) is 4. The van der Waals surface area contributed by atoms with Crippen LogP contribution in [0.3, 0.4) is 0 Å². The van der Waals surface area contributed by atoms with Crippen molar-refractivity contribution in [3.63, 3.8) is 0 Å². The molecule has 2 aromatic rings. The van der Waals surface area contributed by atoms with Crippen LogP contribution in [0.5, 0.6) is 5.75 Å². The van der Waals surface area contributed by atoms with Crippen LogP contribution in [-0.4, -0.2) is 10.8 Å². The minimum Gasteiger partial charge on any atom is -0.487 e. The van der Waals surface area contributed by atoms with Gasteiger partial charge in [-0.2, -0.15) is 0 Å². The molecule has 0 saturated heterocycles. The summed E-state index contributed by atoms with van der Waals surface area (Å²) in [6, 6.07) is 5.18. The fourth-order valence-corrected chi connectivity index (χ4v) is 2.12. The Morgan fingerprint density at radius 2 is 2.35 bits per heavy atom. The second-order valence-corrected chi connectivity index (χ2v) is 4.66. The largest absolute Gasteiger partial charge is 0.487 e. The van der Waals surface area contributed by atoms with Gasteiger partial charge in [0.1, 0.15) is 18.2 Å². The Balaban J connectivity index is 2.21. The first-order valence-electron chi connectivity index (χ1n) is 4.81. The summed E-state index contributed by atoms with van der Waals surface area (Å²) in [6.45, 7) is 0.394. The number of halogens is 1. The predicted molar refractivity (Wildman–Crippen MR) is 68.9 cm³/mol. The average molecular weight is 268 g/mol. The molecule has 1 aromatic carbocycles. The highest BCUT2D eigenvalue weighted by atomic mass is 35.5. The van der Waals surface area contributed by atoms with Crippen LogP contribution in [-0.2, 0) is 6.61 Å². The Kier molecular flexibility index (Phi) is 3.61.